The van der Waals surface area contributed by atoms with E-state index in [2.05, 4.69) is 5.32 Å². The topological polar surface area (TPSA) is 75.6 Å². The first-order valence-electron chi connectivity index (χ1n) is 6.18. The second kappa shape index (κ2) is 7.26. The summed E-state index contributed by atoms with van der Waals surface area (Å²) in [5, 5.41) is 11.7. The van der Waals surface area contributed by atoms with Gasteiger partial charge in [-0.1, -0.05) is 23.7 Å². The monoisotopic (exact) mass is 299 g/mol. The van der Waals surface area contributed by atoms with Crippen LogP contribution in [0.5, 0.6) is 0 Å². The van der Waals surface area contributed by atoms with Crippen LogP contribution in [0, 0.1) is 0 Å². The Hall–Kier alpha value is -1.59. The zero-order chi connectivity index (χ0) is 15.2. The van der Waals surface area contributed by atoms with Gasteiger partial charge in [0.15, 0.2) is 0 Å². The van der Waals surface area contributed by atoms with Crippen molar-refractivity contribution in [3.63, 3.8) is 0 Å². The number of hydrogen-bond acceptors (Lipinski definition) is 3. The van der Waals surface area contributed by atoms with Crippen molar-refractivity contribution in [3.8, 4) is 0 Å². The van der Waals surface area contributed by atoms with E-state index >= 15 is 0 Å². The van der Waals surface area contributed by atoms with E-state index in [1.54, 1.807) is 12.1 Å². The molecule has 5 nitrogen and oxygen atoms in total. The number of amides is 1. The number of benzene rings is 1. The molecule has 0 aliphatic heterocycles. The van der Waals surface area contributed by atoms with Gasteiger partial charge < -0.3 is 15.2 Å². The summed E-state index contributed by atoms with van der Waals surface area (Å²) in [5.74, 6) is -1.18. The van der Waals surface area contributed by atoms with Crippen LogP contribution in [0.25, 0.3) is 0 Å². The van der Waals surface area contributed by atoms with Crippen molar-refractivity contribution in [2.24, 2.45) is 0 Å². The van der Waals surface area contributed by atoms with Crippen LogP contribution in [-0.2, 0) is 19.7 Å². The van der Waals surface area contributed by atoms with Crippen molar-refractivity contribution in [1.29, 1.82) is 0 Å². The molecule has 20 heavy (non-hydrogen) atoms. The molecule has 0 radical (unpaired) electrons. The first-order valence-corrected chi connectivity index (χ1v) is 6.55. The van der Waals surface area contributed by atoms with E-state index in [4.69, 9.17) is 21.4 Å². The number of hydrogen-bond donors (Lipinski definition) is 2. The van der Waals surface area contributed by atoms with Gasteiger partial charge >= 0.3 is 5.97 Å². The molecule has 0 fully saturated rings. The number of carboxylic acids is 1. The van der Waals surface area contributed by atoms with Gasteiger partial charge in [-0.25, -0.2) is 4.79 Å². The summed E-state index contributed by atoms with van der Waals surface area (Å²) in [6, 6.07) is 7.09. The third-order valence-corrected chi connectivity index (χ3v) is 3.14. The summed E-state index contributed by atoms with van der Waals surface area (Å²) in [4.78, 5) is 22.4. The molecule has 0 atom stereocenters. The molecule has 0 heterocycles. The van der Waals surface area contributed by atoms with Crippen LogP contribution in [0.15, 0.2) is 24.3 Å². The van der Waals surface area contributed by atoms with Gasteiger partial charge in [0.1, 0.15) is 6.61 Å². The Morgan fingerprint density at radius 3 is 2.45 bits per heavy atom. The van der Waals surface area contributed by atoms with Crippen molar-refractivity contribution in [2.75, 3.05) is 19.8 Å². The second-order valence-electron chi connectivity index (χ2n) is 4.83. The largest absolute Gasteiger partial charge is 0.480 e. The van der Waals surface area contributed by atoms with Gasteiger partial charge in [0, 0.05) is 11.6 Å². The predicted octanol–water partition coefficient (Wildman–Crippen LogP) is 1.83. The molecular formula is C14H18ClNO4. The number of carbonyl (C=O) groups excluding carboxylic acids is 1. The molecule has 1 rings (SSSR count). The number of aliphatic carboxylic acids is 1. The maximum atomic E-state index is 12.1. The van der Waals surface area contributed by atoms with Crippen LogP contribution < -0.4 is 5.32 Å². The lowest BCUT2D eigenvalue weighted by Gasteiger charge is -2.24. The maximum absolute atomic E-state index is 12.1. The highest BCUT2D eigenvalue weighted by Gasteiger charge is 2.29. The number of halogens is 1. The van der Waals surface area contributed by atoms with Gasteiger partial charge in [-0.2, -0.15) is 0 Å². The molecule has 0 spiro atoms. The van der Waals surface area contributed by atoms with Gasteiger partial charge in [-0.3, -0.25) is 4.79 Å². The lowest BCUT2D eigenvalue weighted by atomic mass is 9.84. The lowest BCUT2D eigenvalue weighted by Crippen LogP contribution is -2.41. The van der Waals surface area contributed by atoms with Crippen LogP contribution in [0.2, 0.25) is 5.02 Å². The minimum Gasteiger partial charge on any atom is -0.480 e. The highest BCUT2D eigenvalue weighted by atomic mass is 35.5. The number of nitrogens with one attached hydrogen (secondary N) is 1. The fourth-order valence-corrected chi connectivity index (χ4v) is 1.74. The summed E-state index contributed by atoms with van der Waals surface area (Å²) in [7, 11) is 0. The second-order valence-corrected chi connectivity index (χ2v) is 5.27. The molecule has 0 saturated heterocycles. The SMILES string of the molecule is CC(C)(C(=O)NCCOCC(=O)O)c1ccc(Cl)cc1. The summed E-state index contributed by atoms with van der Waals surface area (Å²) in [6.45, 7) is 3.68. The Labute approximate surface area is 122 Å². The van der Waals surface area contributed by atoms with Gasteiger partial charge in [-0.05, 0) is 31.5 Å². The molecule has 110 valence electrons. The minimum atomic E-state index is -1.03. The quantitative estimate of drug-likeness (QED) is 0.753. The number of rotatable bonds is 7. The van der Waals surface area contributed by atoms with Crippen molar-refractivity contribution in [2.45, 2.75) is 19.3 Å². The fourth-order valence-electron chi connectivity index (χ4n) is 1.61. The average molecular weight is 300 g/mol. The Bertz CT molecular complexity index is 471. The molecule has 0 aliphatic carbocycles. The Morgan fingerprint density at radius 1 is 1.30 bits per heavy atom. The van der Waals surface area contributed by atoms with E-state index in [1.165, 1.54) is 0 Å². The van der Waals surface area contributed by atoms with Crippen LogP contribution in [-0.4, -0.2) is 36.7 Å². The van der Waals surface area contributed by atoms with Gasteiger partial charge in [0.05, 0.1) is 12.0 Å². The van der Waals surface area contributed by atoms with E-state index in [0.29, 0.717) is 5.02 Å². The molecule has 0 unspecified atom stereocenters. The van der Waals surface area contributed by atoms with E-state index in [9.17, 15) is 9.59 Å². The first-order chi connectivity index (χ1) is 9.34. The van der Waals surface area contributed by atoms with Crippen molar-refractivity contribution in [3.05, 3.63) is 34.9 Å². The van der Waals surface area contributed by atoms with Crippen LogP contribution in [0.4, 0.5) is 0 Å². The number of carbonyl (C=O) groups is 2. The number of carboxylic acid groups (broad SMARTS) is 1. The molecule has 1 aromatic rings. The third-order valence-electron chi connectivity index (χ3n) is 2.89. The predicted molar refractivity (Wildman–Crippen MR) is 75.9 cm³/mol. The summed E-state index contributed by atoms with van der Waals surface area (Å²) in [6.07, 6.45) is 0. The van der Waals surface area contributed by atoms with Crippen LogP contribution in [0.3, 0.4) is 0 Å². The Balaban J connectivity index is 2.48. The standard InChI is InChI=1S/C14H18ClNO4/c1-14(2,10-3-5-11(15)6-4-10)13(19)16-7-8-20-9-12(17)18/h3-6H,7-9H2,1-2H3,(H,16,19)(H,17,18). The summed E-state index contributed by atoms with van der Waals surface area (Å²) < 4.78 is 4.85. The fraction of sp³-hybridized carbons (Fsp3) is 0.429. The molecular weight excluding hydrogens is 282 g/mol. The van der Waals surface area contributed by atoms with Gasteiger partial charge in [0.25, 0.3) is 0 Å². The van der Waals surface area contributed by atoms with Crippen molar-refractivity contribution < 1.29 is 19.4 Å². The molecule has 1 amide bonds. The van der Waals surface area contributed by atoms with Crippen molar-refractivity contribution in [1.82, 2.24) is 5.32 Å². The molecule has 1 aromatic carbocycles. The molecule has 0 aliphatic rings. The lowest BCUT2D eigenvalue weighted by molar-refractivity contribution is -0.142. The zero-order valence-corrected chi connectivity index (χ0v) is 12.2. The van der Waals surface area contributed by atoms with E-state index in [0.717, 1.165) is 5.56 Å². The smallest absolute Gasteiger partial charge is 0.329 e. The molecule has 6 heteroatoms. The highest BCUT2D eigenvalue weighted by molar-refractivity contribution is 6.30. The molecule has 0 aromatic heterocycles. The maximum Gasteiger partial charge on any atom is 0.329 e. The normalized spacial score (nSPS) is 11.2. The average Bonchev–Trinajstić information content (AvgIpc) is 2.38. The van der Waals surface area contributed by atoms with Gasteiger partial charge in [-0.15, -0.1) is 0 Å². The minimum absolute atomic E-state index is 0.154. The highest BCUT2D eigenvalue weighted by Crippen LogP contribution is 2.24. The summed E-state index contributed by atoms with van der Waals surface area (Å²) >= 11 is 5.82. The molecule has 0 saturated carbocycles. The first kappa shape index (κ1) is 16.5. The van der Waals surface area contributed by atoms with E-state index < -0.39 is 11.4 Å². The molecule has 0 bridgehead atoms. The van der Waals surface area contributed by atoms with Gasteiger partial charge in [0.2, 0.25) is 5.91 Å². The van der Waals surface area contributed by atoms with E-state index in [-0.39, 0.29) is 25.7 Å². The Kier molecular flexibility index (Phi) is 5.98. The van der Waals surface area contributed by atoms with Crippen LogP contribution >= 0.6 is 11.6 Å². The number of ether oxygens (including phenoxy) is 1. The van der Waals surface area contributed by atoms with Crippen LogP contribution in [0.1, 0.15) is 19.4 Å². The zero-order valence-electron chi connectivity index (χ0n) is 11.5. The molecule has 2 N–H and O–H groups in total. The van der Waals surface area contributed by atoms with E-state index in [1.807, 2.05) is 26.0 Å². The Morgan fingerprint density at radius 2 is 1.90 bits per heavy atom. The third kappa shape index (κ3) is 4.83. The van der Waals surface area contributed by atoms with Crippen molar-refractivity contribution >= 4 is 23.5 Å². The summed E-state index contributed by atoms with van der Waals surface area (Å²) in [5.41, 5.74) is 0.156.